The summed E-state index contributed by atoms with van der Waals surface area (Å²) in [5.74, 6) is -1.30. The number of alkyl halides is 2. The maximum Gasteiger partial charge on any atom is 0.338 e. The molecule has 8 heteroatoms. The predicted molar refractivity (Wildman–Crippen MR) is 140 cm³/mol. The third-order valence-electron chi connectivity index (χ3n) is 5.57. The molecule has 0 saturated carbocycles. The molecule has 184 valence electrons. The lowest BCUT2D eigenvalue weighted by Gasteiger charge is -2.24. The van der Waals surface area contributed by atoms with Crippen molar-refractivity contribution >= 4 is 55.6 Å². The molecule has 0 aliphatic rings. The fraction of sp³-hybridized carbons (Fsp3) is 0.179. The number of esters is 2. The summed E-state index contributed by atoms with van der Waals surface area (Å²) in [4.78, 5) is 29.2. The fourth-order valence-corrected chi connectivity index (χ4v) is 4.23. The minimum Gasteiger partial charge on any atom is -0.461 e. The van der Waals surface area contributed by atoms with Crippen molar-refractivity contribution in [3.05, 3.63) is 96.1 Å². The average Bonchev–Trinajstić information content (AvgIpc) is 2.92. The SMILES string of the molecule is CO/N=C\[C@@H](F)[C@H](OC(=O)c1ccc2ccccc2c1)[C@@H](Br)COC(=O)c1ccc2ccccc2c1. The Morgan fingerprint density at radius 3 is 1.94 bits per heavy atom. The number of fused-ring (bicyclic) bond motifs is 2. The van der Waals surface area contributed by atoms with Gasteiger partial charge in [0.05, 0.1) is 22.2 Å². The van der Waals surface area contributed by atoms with Crippen molar-refractivity contribution < 1.29 is 28.3 Å². The summed E-state index contributed by atoms with van der Waals surface area (Å²) in [6.45, 7) is -0.247. The number of rotatable bonds is 9. The highest BCUT2D eigenvalue weighted by molar-refractivity contribution is 9.09. The Balaban J connectivity index is 1.47. The van der Waals surface area contributed by atoms with E-state index in [0.29, 0.717) is 5.56 Å². The smallest absolute Gasteiger partial charge is 0.338 e. The molecular formula is C28H23BrFNO5. The Bertz CT molecular complexity index is 1410. The normalized spacial score (nSPS) is 13.9. The second-order valence-electron chi connectivity index (χ2n) is 7.99. The van der Waals surface area contributed by atoms with E-state index in [2.05, 4.69) is 25.9 Å². The van der Waals surface area contributed by atoms with Gasteiger partial charge in [-0.1, -0.05) is 81.7 Å². The second-order valence-corrected chi connectivity index (χ2v) is 9.17. The number of carbonyl (C=O) groups is 2. The first kappa shape index (κ1) is 25.3. The first-order chi connectivity index (χ1) is 17.5. The summed E-state index contributed by atoms with van der Waals surface area (Å²) in [7, 11) is 1.27. The van der Waals surface area contributed by atoms with Gasteiger partial charge in [0.15, 0.2) is 12.3 Å². The van der Waals surface area contributed by atoms with Crippen LogP contribution >= 0.6 is 15.9 Å². The molecule has 0 bridgehead atoms. The van der Waals surface area contributed by atoms with Gasteiger partial charge in [-0.15, -0.1) is 0 Å². The molecule has 4 aromatic rings. The average molecular weight is 552 g/mol. The maximum absolute atomic E-state index is 15.0. The molecule has 4 aromatic carbocycles. The van der Waals surface area contributed by atoms with Gasteiger partial charge in [0, 0.05) is 0 Å². The van der Waals surface area contributed by atoms with Crippen LogP contribution in [0.4, 0.5) is 4.39 Å². The molecule has 0 unspecified atom stereocenters. The Morgan fingerprint density at radius 1 is 0.861 bits per heavy atom. The molecule has 0 aliphatic heterocycles. The summed E-state index contributed by atoms with van der Waals surface area (Å²) >= 11 is 3.32. The van der Waals surface area contributed by atoms with E-state index in [-0.39, 0.29) is 12.2 Å². The van der Waals surface area contributed by atoms with Gasteiger partial charge in [-0.2, -0.15) is 0 Å². The van der Waals surface area contributed by atoms with Crippen LogP contribution in [0.3, 0.4) is 0 Å². The van der Waals surface area contributed by atoms with Crippen molar-refractivity contribution in [2.75, 3.05) is 13.7 Å². The number of hydrogen-bond acceptors (Lipinski definition) is 6. The molecule has 0 radical (unpaired) electrons. The monoisotopic (exact) mass is 551 g/mol. The van der Waals surface area contributed by atoms with Crippen molar-refractivity contribution in [1.29, 1.82) is 0 Å². The fourth-order valence-electron chi connectivity index (χ4n) is 3.70. The van der Waals surface area contributed by atoms with Crippen LogP contribution in [0.5, 0.6) is 0 Å². The van der Waals surface area contributed by atoms with Crippen molar-refractivity contribution in [2.24, 2.45) is 5.16 Å². The van der Waals surface area contributed by atoms with Crippen LogP contribution in [0.15, 0.2) is 90.1 Å². The van der Waals surface area contributed by atoms with Gasteiger partial charge in [-0.3, -0.25) is 0 Å². The molecule has 0 fully saturated rings. The molecule has 4 rings (SSSR count). The Kier molecular flexibility index (Phi) is 8.28. The van der Waals surface area contributed by atoms with Crippen molar-refractivity contribution in [3.8, 4) is 0 Å². The first-order valence-electron chi connectivity index (χ1n) is 11.2. The molecule has 0 heterocycles. The lowest BCUT2D eigenvalue weighted by molar-refractivity contribution is 0.00848. The van der Waals surface area contributed by atoms with Crippen LogP contribution in [-0.2, 0) is 14.3 Å². The van der Waals surface area contributed by atoms with Gasteiger partial charge in [0.2, 0.25) is 0 Å². The number of nitrogens with zero attached hydrogens (tertiary/aromatic N) is 1. The van der Waals surface area contributed by atoms with Crippen LogP contribution in [-0.4, -0.2) is 49.0 Å². The quantitative estimate of drug-likeness (QED) is 0.108. The number of halogens is 2. The molecule has 0 saturated heterocycles. The van der Waals surface area contributed by atoms with Gasteiger partial charge in [0.1, 0.15) is 13.7 Å². The number of hydrogen-bond donors (Lipinski definition) is 0. The summed E-state index contributed by atoms with van der Waals surface area (Å²) in [5.41, 5.74) is 0.623. The molecule has 3 atom stereocenters. The molecule has 36 heavy (non-hydrogen) atoms. The third kappa shape index (κ3) is 6.07. The predicted octanol–water partition coefficient (Wildman–Crippen LogP) is 6.11. The maximum atomic E-state index is 15.0. The van der Waals surface area contributed by atoms with E-state index in [9.17, 15) is 14.0 Å². The second kappa shape index (κ2) is 11.8. The zero-order valence-electron chi connectivity index (χ0n) is 19.3. The zero-order valence-corrected chi connectivity index (χ0v) is 20.9. The Labute approximate surface area is 215 Å². The van der Waals surface area contributed by atoms with Crippen molar-refractivity contribution in [1.82, 2.24) is 0 Å². The van der Waals surface area contributed by atoms with E-state index >= 15 is 0 Å². The van der Waals surface area contributed by atoms with Gasteiger partial charge >= 0.3 is 11.9 Å². The van der Waals surface area contributed by atoms with E-state index in [1.54, 1.807) is 30.3 Å². The standard InChI is InChI=1S/C28H23BrFNO5/c1-34-31-16-25(30)26(36-28(33)23-13-11-19-7-3-5-9-21(19)15-23)24(29)17-35-27(32)22-12-10-18-6-2-4-8-20(18)14-22/h2-16,24-26H,17H2,1H3/b31-16-/t24-,25+,26+/m0/s1. The molecule has 0 spiro atoms. The van der Waals surface area contributed by atoms with Crippen molar-refractivity contribution in [2.45, 2.75) is 17.1 Å². The van der Waals surface area contributed by atoms with E-state index in [4.69, 9.17) is 9.47 Å². The van der Waals surface area contributed by atoms with Crippen LogP contribution in [0.2, 0.25) is 0 Å². The lowest BCUT2D eigenvalue weighted by Crippen LogP contribution is -2.39. The Morgan fingerprint density at radius 2 is 1.39 bits per heavy atom. The lowest BCUT2D eigenvalue weighted by atomic mass is 10.1. The molecule has 0 N–H and O–H groups in total. The summed E-state index contributed by atoms with van der Waals surface area (Å²) in [6.07, 6.45) is -2.28. The van der Waals surface area contributed by atoms with E-state index in [0.717, 1.165) is 27.8 Å². The molecule has 0 amide bonds. The summed E-state index contributed by atoms with van der Waals surface area (Å²) in [6, 6.07) is 25.5. The number of ether oxygens (including phenoxy) is 2. The number of oxime groups is 1. The number of carbonyl (C=O) groups excluding carboxylic acids is 2. The minimum absolute atomic E-state index is 0.247. The minimum atomic E-state index is -1.82. The van der Waals surface area contributed by atoms with Crippen LogP contribution in [0.1, 0.15) is 20.7 Å². The van der Waals surface area contributed by atoms with Gasteiger partial charge < -0.3 is 14.3 Å². The van der Waals surface area contributed by atoms with E-state index in [1.807, 2.05) is 54.6 Å². The molecular weight excluding hydrogens is 529 g/mol. The van der Waals surface area contributed by atoms with Gasteiger partial charge in [-0.25, -0.2) is 14.0 Å². The van der Waals surface area contributed by atoms with Gasteiger partial charge in [0.25, 0.3) is 0 Å². The summed E-state index contributed by atoms with van der Waals surface area (Å²) < 4.78 is 25.9. The van der Waals surface area contributed by atoms with E-state index < -0.39 is 29.0 Å². The molecule has 0 aromatic heterocycles. The molecule has 6 nitrogen and oxygen atoms in total. The van der Waals surface area contributed by atoms with Crippen LogP contribution in [0.25, 0.3) is 21.5 Å². The van der Waals surface area contributed by atoms with Crippen molar-refractivity contribution in [3.63, 3.8) is 0 Å². The highest BCUT2D eigenvalue weighted by Gasteiger charge is 2.33. The van der Waals surface area contributed by atoms with Gasteiger partial charge in [-0.05, 0) is 45.8 Å². The van der Waals surface area contributed by atoms with Crippen LogP contribution < -0.4 is 0 Å². The third-order valence-corrected chi connectivity index (χ3v) is 6.35. The Hall–Kier alpha value is -3.78. The molecule has 0 aliphatic carbocycles. The highest BCUT2D eigenvalue weighted by atomic mass is 79.9. The number of benzene rings is 4. The van der Waals surface area contributed by atoms with Crippen LogP contribution in [0, 0.1) is 0 Å². The topological polar surface area (TPSA) is 74.2 Å². The largest absolute Gasteiger partial charge is 0.461 e. The summed E-state index contributed by atoms with van der Waals surface area (Å²) in [5, 5.41) is 7.14. The zero-order chi connectivity index (χ0) is 25.5. The highest BCUT2D eigenvalue weighted by Crippen LogP contribution is 2.22. The first-order valence-corrected chi connectivity index (χ1v) is 12.1. The van der Waals surface area contributed by atoms with E-state index in [1.165, 1.54) is 7.11 Å².